The van der Waals surface area contributed by atoms with Gasteiger partial charge in [-0.1, -0.05) is 68.1 Å². The van der Waals surface area contributed by atoms with Crippen LogP contribution in [0.2, 0.25) is 0 Å². The first-order valence-corrected chi connectivity index (χ1v) is 11.4. The van der Waals surface area contributed by atoms with Gasteiger partial charge < -0.3 is 14.8 Å². The van der Waals surface area contributed by atoms with E-state index in [1.807, 2.05) is 117 Å². The van der Waals surface area contributed by atoms with Crippen LogP contribution in [0.25, 0.3) is 0 Å². The van der Waals surface area contributed by atoms with Crippen molar-refractivity contribution in [2.24, 2.45) is 0 Å². The Labute approximate surface area is 208 Å². The number of hydrogen-bond acceptors (Lipinski definition) is 4. The highest BCUT2D eigenvalue weighted by Crippen LogP contribution is 2.22. The van der Waals surface area contributed by atoms with Crippen molar-refractivity contribution < 1.29 is 14.3 Å². The van der Waals surface area contributed by atoms with E-state index < -0.39 is 0 Å². The van der Waals surface area contributed by atoms with Gasteiger partial charge in [0.15, 0.2) is 5.78 Å². The number of ketones is 1. The van der Waals surface area contributed by atoms with Crippen molar-refractivity contribution in [3.63, 3.8) is 0 Å². The first-order valence-electron chi connectivity index (χ1n) is 11.4. The summed E-state index contributed by atoms with van der Waals surface area (Å²) in [6.07, 6.45) is 0. The molecule has 0 radical (unpaired) electrons. The van der Waals surface area contributed by atoms with E-state index in [9.17, 15) is 4.79 Å². The minimum Gasteiger partial charge on any atom is -0.489 e. The Balaban J connectivity index is 0.00000342. The highest BCUT2D eigenvalue weighted by atomic mass is 16.5. The van der Waals surface area contributed by atoms with Crippen molar-refractivity contribution >= 4 is 11.5 Å². The van der Waals surface area contributed by atoms with Crippen LogP contribution in [0.4, 0.5) is 5.69 Å². The Hall–Kier alpha value is -4.05. The molecule has 0 fully saturated rings. The van der Waals surface area contributed by atoms with E-state index in [1.165, 1.54) is 0 Å². The van der Waals surface area contributed by atoms with Crippen LogP contribution in [0.5, 0.6) is 11.5 Å². The largest absolute Gasteiger partial charge is 0.489 e. The lowest BCUT2D eigenvalue weighted by molar-refractivity contribution is 0.0975. The molecular formula is C31H33NO3. The maximum Gasteiger partial charge on any atom is 0.184 e. The first kappa shape index (κ1) is 25.6. The van der Waals surface area contributed by atoms with E-state index in [-0.39, 0.29) is 19.3 Å². The summed E-state index contributed by atoms with van der Waals surface area (Å²) < 4.78 is 11.7. The fourth-order valence-electron chi connectivity index (χ4n) is 3.68. The Morgan fingerprint density at radius 2 is 1.26 bits per heavy atom. The summed E-state index contributed by atoms with van der Waals surface area (Å²) >= 11 is 0. The van der Waals surface area contributed by atoms with Gasteiger partial charge in [0.1, 0.15) is 24.7 Å². The summed E-state index contributed by atoms with van der Waals surface area (Å²) in [5, 5.41) is 3.29. The van der Waals surface area contributed by atoms with E-state index in [1.54, 1.807) is 0 Å². The molecule has 0 aliphatic carbocycles. The van der Waals surface area contributed by atoms with Gasteiger partial charge in [-0.3, -0.25) is 4.79 Å². The van der Waals surface area contributed by atoms with Gasteiger partial charge in [0.2, 0.25) is 0 Å². The third-order valence-corrected chi connectivity index (χ3v) is 5.59. The Bertz CT molecular complexity index is 1210. The standard InChI is InChI=1S/C30H29NO3.CH4/c1-22-19-28(34-21-25-11-7-4-8-12-25)17-18-29(22)30(32)23(2)31-26-13-15-27(16-14-26)33-20-24-9-5-3-6-10-24;/h3-19,23,31H,20-21H2,1-2H3;1H4. The van der Waals surface area contributed by atoms with Gasteiger partial charge in [0, 0.05) is 11.3 Å². The number of benzene rings is 4. The summed E-state index contributed by atoms with van der Waals surface area (Å²) in [5.74, 6) is 1.58. The van der Waals surface area contributed by atoms with Crippen molar-refractivity contribution in [1.29, 1.82) is 0 Å². The van der Waals surface area contributed by atoms with Gasteiger partial charge in [-0.15, -0.1) is 0 Å². The predicted octanol–water partition coefficient (Wildman–Crippen LogP) is 7.47. The van der Waals surface area contributed by atoms with E-state index >= 15 is 0 Å². The Morgan fingerprint density at radius 1 is 0.743 bits per heavy atom. The molecule has 1 unspecified atom stereocenters. The second-order valence-electron chi connectivity index (χ2n) is 8.28. The molecule has 0 aromatic heterocycles. The van der Waals surface area contributed by atoms with Crippen LogP contribution in [0, 0.1) is 6.92 Å². The van der Waals surface area contributed by atoms with Gasteiger partial charge in [-0.05, 0) is 73.0 Å². The normalized spacial score (nSPS) is 11.1. The average Bonchev–Trinajstić information content (AvgIpc) is 2.88. The second-order valence-corrected chi connectivity index (χ2v) is 8.28. The summed E-state index contributed by atoms with van der Waals surface area (Å²) in [7, 11) is 0. The number of rotatable bonds is 10. The highest BCUT2D eigenvalue weighted by Gasteiger charge is 2.17. The van der Waals surface area contributed by atoms with Gasteiger partial charge in [-0.25, -0.2) is 0 Å². The molecule has 4 rings (SSSR count). The summed E-state index contributed by atoms with van der Waals surface area (Å²) in [4.78, 5) is 13.1. The van der Waals surface area contributed by atoms with E-state index in [0.29, 0.717) is 18.8 Å². The lowest BCUT2D eigenvalue weighted by Gasteiger charge is -2.17. The number of Topliss-reactive ketones (excluding diaryl/α,β-unsaturated/α-hetero) is 1. The van der Waals surface area contributed by atoms with E-state index in [0.717, 1.165) is 33.9 Å². The summed E-state index contributed by atoms with van der Waals surface area (Å²) in [6, 6.07) is 33.0. The molecular weight excluding hydrogens is 434 g/mol. The minimum atomic E-state index is -0.370. The van der Waals surface area contributed by atoms with E-state index in [4.69, 9.17) is 9.47 Å². The number of ether oxygens (including phenoxy) is 2. The summed E-state index contributed by atoms with van der Waals surface area (Å²) in [6.45, 7) is 4.83. The topological polar surface area (TPSA) is 47.6 Å². The highest BCUT2D eigenvalue weighted by molar-refractivity contribution is 6.02. The SMILES string of the molecule is C.Cc1cc(OCc2ccccc2)ccc1C(=O)C(C)Nc1ccc(OCc2ccccc2)cc1. The molecule has 35 heavy (non-hydrogen) atoms. The van der Waals surface area contributed by atoms with Crippen molar-refractivity contribution in [3.8, 4) is 11.5 Å². The molecule has 0 aliphatic rings. The van der Waals surface area contributed by atoms with Crippen molar-refractivity contribution in [1.82, 2.24) is 0 Å². The van der Waals surface area contributed by atoms with Crippen LogP contribution in [-0.4, -0.2) is 11.8 Å². The summed E-state index contributed by atoms with van der Waals surface area (Å²) in [5.41, 5.74) is 4.68. The third kappa shape index (κ3) is 7.21. The number of carbonyl (C=O) groups is 1. The zero-order valence-electron chi connectivity index (χ0n) is 19.5. The van der Waals surface area contributed by atoms with Crippen LogP contribution in [0.1, 0.15) is 41.4 Å². The molecule has 4 aromatic rings. The fraction of sp³-hybridized carbons (Fsp3) is 0.194. The van der Waals surface area contributed by atoms with Crippen LogP contribution < -0.4 is 14.8 Å². The maximum atomic E-state index is 13.1. The Morgan fingerprint density at radius 3 is 1.80 bits per heavy atom. The lowest BCUT2D eigenvalue weighted by atomic mass is 10.00. The molecule has 4 nitrogen and oxygen atoms in total. The van der Waals surface area contributed by atoms with Crippen LogP contribution >= 0.6 is 0 Å². The quantitative estimate of drug-likeness (QED) is 0.246. The Kier molecular flexibility index (Phi) is 9.08. The molecule has 0 bridgehead atoms. The monoisotopic (exact) mass is 467 g/mol. The first-order chi connectivity index (χ1) is 16.6. The van der Waals surface area contributed by atoms with Gasteiger partial charge >= 0.3 is 0 Å². The molecule has 180 valence electrons. The molecule has 0 saturated carbocycles. The number of nitrogens with one attached hydrogen (secondary N) is 1. The van der Waals surface area contributed by atoms with Crippen molar-refractivity contribution in [2.75, 3.05) is 5.32 Å². The molecule has 0 amide bonds. The number of anilines is 1. The second kappa shape index (κ2) is 12.4. The molecule has 1 atom stereocenters. The number of carbonyl (C=O) groups excluding carboxylic acids is 1. The minimum absolute atomic E-state index is 0. The molecule has 0 aliphatic heterocycles. The average molecular weight is 468 g/mol. The number of hydrogen-bond donors (Lipinski definition) is 1. The van der Waals surface area contributed by atoms with Crippen molar-refractivity contribution in [3.05, 3.63) is 125 Å². The van der Waals surface area contributed by atoms with Crippen LogP contribution in [0.3, 0.4) is 0 Å². The zero-order chi connectivity index (χ0) is 23.8. The molecule has 4 aromatic carbocycles. The van der Waals surface area contributed by atoms with Gasteiger partial charge in [-0.2, -0.15) is 0 Å². The molecule has 0 saturated heterocycles. The fourth-order valence-corrected chi connectivity index (χ4v) is 3.68. The van der Waals surface area contributed by atoms with Crippen molar-refractivity contribution in [2.45, 2.75) is 40.5 Å². The third-order valence-electron chi connectivity index (χ3n) is 5.59. The smallest absolute Gasteiger partial charge is 0.184 e. The van der Waals surface area contributed by atoms with Crippen LogP contribution in [0.15, 0.2) is 103 Å². The molecule has 1 N–H and O–H groups in total. The molecule has 0 spiro atoms. The van der Waals surface area contributed by atoms with Gasteiger partial charge in [0.25, 0.3) is 0 Å². The zero-order valence-corrected chi connectivity index (χ0v) is 19.5. The number of aryl methyl sites for hydroxylation is 1. The molecule has 0 heterocycles. The predicted molar refractivity (Wildman–Crippen MR) is 143 cm³/mol. The van der Waals surface area contributed by atoms with Crippen LogP contribution in [-0.2, 0) is 13.2 Å². The molecule has 4 heteroatoms. The lowest BCUT2D eigenvalue weighted by Crippen LogP contribution is -2.26. The maximum absolute atomic E-state index is 13.1. The van der Waals surface area contributed by atoms with E-state index in [2.05, 4.69) is 5.32 Å². The van der Waals surface area contributed by atoms with Gasteiger partial charge in [0.05, 0.1) is 6.04 Å².